The SMILES string of the molecule is [2H]C([2H])([2H])NC(=O)c1nnc(Nc2cc(C)c(Cl)cn2)cc1Nc1nccc(-c2ncn(C)n2)c1OC. The number of anilines is 4. The Morgan fingerprint density at radius 2 is 2.03 bits per heavy atom. The Morgan fingerprint density at radius 3 is 2.74 bits per heavy atom. The van der Waals surface area contributed by atoms with Gasteiger partial charge in [-0.05, 0) is 24.6 Å². The number of ether oxygens (including phenoxy) is 1. The summed E-state index contributed by atoms with van der Waals surface area (Å²) in [6.07, 6.45) is 4.53. The van der Waals surface area contributed by atoms with Gasteiger partial charge in [0.2, 0.25) is 0 Å². The quantitative estimate of drug-likeness (QED) is 0.358. The van der Waals surface area contributed by atoms with E-state index in [4.69, 9.17) is 20.5 Å². The van der Waals surface area contributed by atoms with Gasteiger partial charge < -0.3 is 20.7 Å². The average molecular weight is 484 g/mol. The van der Waals surface area contributed by atoms with Crippen LogP contribution >= 0.6 is 11.6 Å². The first-order valence-corrected chi connectivity index (χ1v) is 10.2. The monoisotopic (exact) mass is 483 g/mol. The summed E-state index contributed by atoms with van der Waals surface area (Å²) >= 11 is 6.05. The van der Waals surface area contributed by atoms with Gasteiger partial charge in [0.05, 0.1) is 23.4 Å². The van der Waals surface area contributed by atoms with Crippen molar-refractivity contribution in [3.05, 3.63) is 53.2 Å². The molecule has 4 aromatic rings. The molecule has 0 saturated carbocycles. The Bertz CT molecular complexity index is 1460. The highest BCUT2D eigenvalue weighted by Crippen LogP contribution is 2.35. The first-order valence-electron chi connectivity index (χ1n) is 11.3. The van der Waals surface area contributed by atoms with Gasteiger partial charge in [-0.3, -0.25) is 9.48 Å². The van der Waals surface area contributed by atoms with Gasteiger partial charge in [-0.2, -0.15) is 5.10 Å². The Balaban J connectivity index is 1.75. The van der Waals surface area contributed by atoms with Crippen molar-refractivity contribution in [2.45, 2.75) is 6.92 Å². The van der Waals surface area contributed by atoms with E-state index in [0.29, 0.717) is 22.2 Å². The van der Waals surface area contributed by atoms with Crippen molar-refractivity contribution in [1.29, 1.82) is 0 Å². The molecule has 12 nitrogen and oxygen atoms in total. The Morgan fingerprint density at radius 1 is 1.18 bits per heavy atom. The van der Waals surface area contributed by atoms with Crippen molar-refractivity contribution in [3.8, 4) is 17.1 Å². The van der Waals surface area contributed by atoms with Crippen molar-refractivity contribution in [3.63, 3.8) is 0 Å². The van der Waals surface area contributed by atoms with Crippen LogP contribution in [0.2, 0.25) is 5.02 Å². The van der Waals surface area contributed by atoms with E-state index in [1.807, 2.05) is 12.2 Å². The summed E-state index contributed by atoms with van der Waals surface area (Å²) in [5.41, 5.74) is 1.14. The van der Waals surface area contributed by atoms with Gasteiger partial charge in [0.1, 0.15) is 12.1 Å². The molecule has 0 aliphatic heterocycles. The van der Waals surface area contributed by atoms with Crippen LogP contribution in [-0.2, 0) is 7.05 Å². The van der Waals surface area contributed by atoms with Crippen LogP contribution in [0.5, 0.6) is 5.75 Å². The Labute approximate surface area is 204 Å². The van der Waals surface area contributed by atoms with E-state index >= 15 is 0 Å². The van der Waals surface area contributed by atoms with Crippen molar-refractivity contribution >= 4 is 40.6 Å². The zero-order chi connectivity index (χ0) is 26.7. The van der Waals surface area contributed by atoms with E-state index in [1.54, 1.807) is 19.2 Å². The number of nitrogens with zero attached hydrogens (tertiary/aromatic N) is 7. The summed E-state index contributed by atoms with van der Waals surface area (Å²) in [5, 5.41) is 20.6. The van der Waals surface area contributed by atoms with Crippen LogP contribution in [0.3, 0.4) is 0 Å². The highest BCUT2D eigenvalue weighted by atomic mass is 35.5. The minimum absolute atomic E-state index is 0.0989. The van der Waals surface area contributed by atoms with Gasteiger partial charge in [0, 0.05) is 36.6 Å². The Hall–Kier alpha value is -4.32. The number of carbonyl (C=O) groups is 1. The molecule has 4 rings (SSSR count). The number of pyridine rings is 2. The van der Waals surface area contributed by atoms with E-state index in [2.05, 4.69) is 40.9 Å². The molecular weight excluding hydrogens is 460 g/mol. The maximum absolute atomic E-state index is 12.7. The second-order valence-electron chi connectivity index (χ2n) is 7.00. The highest BCUT2D eigenvalue weighted by molar-refractivity contribution is 6.31. The van der Waals surface area contributed by atoms with Gasteiger partial charge in [-0.15, -0.1) is 10.2 Å². The third-order valence-corrected chi connectivity index (χ3v) is 5.02. The maximum Gasteiger partial charge on any atom is 0.273 e. The molecule has 0 fully saturated rings. The molecule has 0 aliphatic carbocycles. The molecule has 0 aromatic carbocycles. The Kier molecular flexibility index (Phi) is 5.45. The van der Waals surface area contributed by atoms with Crippen molar-refractivity contribution in [2.24, 2.45) is 7.05 Å². The molecule has 13 heteroatoms. The summed E-state index contributed by atoms with van der Waals surface area (Å²) in [7, 11) is 3.18. The lowest BCUT2D eigenvalue weighted by Gasteiger charge is -2.15. The second-order valence-corrected chi connectivity index (χ2v) is 7.40. The lowest BCUT2D eigenvalue weighted by molar-refractivity contribution is 0.0958. The molecule has 0 aliphatic rings. The summed E-state index contributed by atoms with van der Waals surface area (Å²) in [6, 6.07) is 4.84. The number of aryl methyl sites for hydroxylation is 2. The van der Waals surface area contributed by atoms with Gasteiger partial charge in [0.25, 0.3) is 5.91 Å². The number of hydrogen-bond acceptors (Lipinski definition) is 10. The van der Waals surface area contributed by atoms with Crippen LogP contribution < -0.4 is 20.7 Å². The lowest BCUT2D eigenvalue weighted by Crippen LogP contribution is -2.21. The second kappa shape index (κ2) is 9.67. The number of halogens is 1. The van der Waals surface area contributed by atoms with Gasteiger partial charge in [-0.25, -0.2) is 15.0 Å². The average Bonchev–Trinajstić information content (AvgIpc) is 3.26. The third-order valence-electron chi connectivity index (χ3n) is 4.63. The molecule has 0 radical (unpaired) electrons. The fourth-order valence-corrected chi connectivity index (χ4v) is 3.13. The van der Waals surface area contributed by atoms with Gasteiger partial charge in [0.15, 0.2) is 28.9 Å². The van der Waals surface area contributed by atoms with Crippen molar-refractivity contribution in [1.82, 2.24) is 40.2 Å². The van der Waals surface area contributed by atoms with E-state index in [1.165, 1.54) is 36.6 Å². The number of rotatable bonds is 7. The van der Waals surface area contributed by atoms with Crippen molar-refractivity contribution < 1.29 is 13.6 Å². The number of carbonyl (C=O) groups excluding carboxylic acids is 1. The lowest BCUT2D eigenvalue weighted by atomic mass is 10.2. The number of amides is 1. The van der Waals surface area contributed by atoms with Crippen LogP contribution in [0.1, 0.15) is 20.2 Å². The molecule has 0 saturated heterocycles. The molecule has 0 spiro atoms. The smallest absolute Gasteiger partial charge is 0.273 e. The summed E-state index contributed by atoms with van der Waals surface area (Å²) < 4.78 is 29.2. The van der Waals surface area contributed by atoms with E-state index < -0.39 is 12.9 Å². The highest BCUT2D eigenvalue weighted by Gasteiger charge is 2.20. The summed E-state index contributed by atoms with van der Waals surface area (Å²) in [5.74, 6) is 0.560. The van der Waals surface area contributed by atoms with Crippen LogP contribution in [0.4, 0.5) is 23.1 Å². The van der Waals surface area contributed by atoms with E-state index in [-0.39, 0.29) is 28.8 Å². The topological polar surface area (TPSA) is 145 Å². The number of hydrogen-bond donors (Lipinski definition) is 3. The molecule has 0 unspecified atom stereocenters. The number of methoxy groups -OCH3 is 1. The predicted molar refractivity (Wildman–Crippen MR) is 127 cm³/mol. The third kappa shape index (κ3) is 4.71. The van der Waals surface area contributed by atoms with Gasteiger partial charge in [-0.1, -0.05) is 11.6 Å². The number of aromatic nitrogens is 7. The van der Waals surface area contributed by atoms with Crippen LogP contribution in [0.15, 0.2) is 36.9 Å². The standard InChI is InChI=1S/C21H21ClN10O2/c1-11-7-15(25-9-13(11)22)28-16-8-14(17(30-29-16)21(33)23-2)27-20-18(34-4)12(5-6-24-20)19-26-10-32(3)31-19/h5-10H,1-4H3,(H,23,33)(H2,24,25,27,28,29)/i2D3. The molecule has 34 heavy (non-hydrogen) atoms. The zero-order valence-electron chi connectivity index (χ0n) is 21.3. The molecule has 0 bridgehead atoms. The van der Waals surface area contributed by atoms with E-state index in [0.717, 1.165) is 5.56 Å². The molecule has 0 atom stereocenters. The van der Waals surface area contributed by atoms with Crippen LogP contribution in [0, 0.1) is 6.92 Å². The predicted octanol–water partition coefficient (Wildman–Crippen LogP) is 2.88. The molecule has 174 valence electrons. The first kappa shape index (κ1) is 19.2. The fraction of sp³-hybridized carbons (Fsp3) is 0.190. The number of nitrogens with one attached hydrogen (secondary N) is 3. The van der Waals surface area contributed by atoms with E-state index in [9.17, 15) is 4.79 Å². The first-order chi connectivity index (χ1) is 17.5. The largest absolute Gasteiger partial charge is 0.492 e. The molecule has 1 amide bonds. The zero-order valence-corrected chi connectivity index (χ0v) is 19.0. The summed E-state index contributed by atoms with van der Waals surface area (Å²) in [6.45, 7) is -0.921. The minimum Gasteiger partial charge on any atom is -0.492 e. The van der Waals surface area contributed by atoms with Crippen LogP contribution in [-0.4, -0.2) is 54.9 Å². The van der Waals surface area contributed by atoms with Crippen molar-refractivity contribution in [2.75, 3.05) is 24.7 Å². The molecule has 3 N–H and O–H groups in total. The molecule has 4 heterocycles. The minimum atomic E-state index is -2.74. The summed E-state index contributed by atoms with van der Waals surface area (Å²) in [4.78, 5) is 25.5. The normalized spacial score (nSPS) is 12.3. The molecular formula is C21H21ClN10O2. The fourth-order valence-electron chi connectivity index (χ4n) is 3.02. The van der Waals surface area contributed by atoms with Gasteiger partial charge >= 0.3 is 0 Å². The molecule has 4 aromatic heterocycles. The maximum atomic E-state index is 12.7. The van der Waals surface area contributed by atoms with Crippen LogP contribution in [0.25, 0.3) is 11.4 Å².